The summed E-state index contributed by atoms with van der Waals surface area (Å²) in [7, 11) is 0. The number of benzene rings is 1. The average molecular weight is 283 g/mol. The molecular weight excluding hydrogens is 272 g/mol. The van der Waals surface area contributed by atoms with Gasteiger partial charge in [0.05, 0.1) is 11.1 Å². The van der Waals surface area contributed by atoms with Crippen molar-refractivity contribution in [2.45, 2.75) is 31.2 Å². The molecule has 2 N–H and O–H groups in total. The van der Waals surface area contributed by atoms with E-state index in [1.54, 1.807) is 0 Å². The third kappa shape index (κ3) is 3.02. The Morgan fingerprint density at radius 1 is 1.00 bits per heavy atom. The number of halogens is 6. The molecule has 0 amide bonds. The Kier molecular flexibility index (Phi) is 3.28. The quantitative estimate of drug-likeness (QED) is 0.811. The lowest BCUT2D eigenvalue weighted by atomic mass is 9.95. The molecular formula is C12H11F6N. The molecule has 2 rings (SSSR count). The Balaban J connectivity index is 2.50. The standard InChI is InChI=1S/C12H11F6N/c13-11(14,15)7-3-4-9(12(16,17)18)8(5-7)10(19)6-1-2-6/h3-6,10H,1-2,19H2. The van der Waals surface area contributed by atoms with Gasteiger partial charge in [-0.1, -0.05) is 0 Å². The van der Waals surface area contributed by atoms with Gasteiger partial charge >= 0.3 is 12.4 Å². The first-order valence-electron chi connectivity index (χ1n) is 5.64. The molecule has 1 unspecified atom stereocenters. The van der Waals surface area contributed by atoms with Crippen LogP contribution in [0.15, 0.2) is 18.2 Å². The van der Waals surface area contributed by atoms with Crippen LogP contribution in [-0.4, -0.2) is 0 Å². The Morgan fingerprint density at radius 3 is 2.00 bits per heavy atom. The largest absolute Gasteiger partial charge is 0.416 e. The summed E-state index contributed by atoms with van der Waals surface area (Å²) in [5.74, 6) is -0.162. The topological polar surface area (TPSA) is 26.0 Å². The fourth-order valence-corrected chi connectivity index (χ4v) is 1.98. The van der Waals surface area contributed by atoms with Crippen molar-refractivity contribution in [3.8, 4) is 0 Å². The van der Waals surface area contributed by atoms with E-state index < -0.39 is 35.1 Å². The predicted molar refractivity (Wildman–Crippen MR) is 56.1 cm³/mol. The second kappa shape index (κ2) is 4.40. The van der Waals surface area contributed by atoms with Gasteiger partial charge in [0.1, 0.15) is 0 Å². The van der Waals surface area contributed by atoms with Crippen LogP contribution >= 0.6 is 0 Å². The molecule has 19 heavy (non-hydrogen) atoms. The van der Waals surface area contributed by atoms with Crippen molar-refractivity contribution in [2.75, 3.05) is 0 Å². The van der Waals surface area contributed by atoms with E-state index in [1.807, 2.05) is 0 Å². The van der Waals surface area contributed by atoms with Gasteiger partial charge in [-0.05, 0) is 42.5 Å². The highest BCUT2D eigenvalue weighted by atomic mass is 19.4. The molecule has 0 spiro atoms. The van der Waals surface area contributed by atoms with E-state index in [4.69, 9.17) is 5.73 Å². The maximum atomic E-state index is 12.8. The zero-order valence-electron chi connectivity index (χ0n) is 9.65. The van der Waals surface area contributed by atoms with Gasteiger partial charge < -0.3 is 5.73 Å². The summed E-state index contributed by atoms with van der Waals surface area (Å²) < 4.78 is 76.0. The SMILES string of the molecule is NC(c1cc(C(F)(F)F)ccc1C(F)(F)F)C1CC1. The highest BCUT2D eigenvalue weighted by Gasteiger charge is 2.40. The lowest BCUT2D eigenvalue weighted by Crippen LogP contribution is -2.20. The van der Waals surface area contributed by atoms with Crippen LogP contribution in [0.5, 0.6) is 0 Å². The van der Waals surface area contributed by atoms with Crippen molar-refractivity contribution in [1.82, 2.24) is 0 Å². The number of rotatable bonds is 2. The fourth-order valence-electron chi connectivity index (χ4n) is 1.98. The number of hydrogen-bond acceptors (Lipinski definition) is 1. The van der Waals surface area contributed by atoms with E-state index in [0.29, 0.717) is 31.0 Å². The summed E-state index contributed by atoms with van der Waals surface area (Å²) in [6, 6.07) is 0.414. The van der Waals surface area contributed by atoms with Gasteiger partial charge in [-0.15, -0.1) is 0 Å². The number of nitrogens with two attached hydrogens (primary N) is 1. The zero-order valence-corrected chi connectivity index (χ0v) is 9.65. The van der Waals surface area contributed by atoms with E-state index >= 15 is 0 Å². The summed E-state index contributed by atoms with van der Waals surface area (Å²) in [5, 5.41) is 0. The van der Waals surface area contributed by atoms with Crippen molar-refractivity contribution in [3.63, 3.8) is 0 Å². The van der Waals surface area contributed by atoms with Crippen LogP contribution in [0.1, 0.15) is 35.6 Å². The molecule has 7 heteroatoms. The van der Waals surface area contributed by atoms with Crippen LogP contribution in [-0.2, 0) is 12.4 Å². The van der Waals surface area contributed by atoms with E-state index in [1.165, 1.54) is 0 Å². The third-order valence-corrected chi connectivity index (χ3v) is 3.17. The smallest absolute Gasteiger partial charge is 0.324 e. The summed E-state index contributed by atoms with van der Waals surface area (Å²) in [6.07, 6.45) is -8.09. The Labute approximate surface area is 105 Å². The maximum Gasteiger partial charge on any atom is 0.416 e. The number of alkyl halides is 6. The van der Waals surface area contributed by atoms with Gasteiger partial charge in [0, 0.05) is 6.04 Å². The molecule has 1 nitrogen and oxygen atoms in total. The molecule has 0 aromatic heterocycles. The molecule has 1 aliphatic rings. The van der Waals surface area contributed by atoms with Crippen LogP contribution in [0, 0.1) is 5.92 Å². The Morgan fingerprint density at radius 2 is 1.58 bits per heavy atom. The predicted octanol–water partition coefficient (Wildman–Crippen LogP) is 4.13. The van der Waals surface area contributed by atoms with Crippen LogP contribution in [0.2, 0.25) is 0 Å². The molecule has 0 radical (unpaired) electrons. The van der Waals surface area contributed by atoms with Gasteiger partial charge in [-0.2, -0.15) is 26.3 Å². The van der Waals surface area contributed by atoms with Gasteiger partial charge in [0.25, 0.3) is 0 Å². The lowest BCUT2D eigenvalue weighted by molar-refractivity contribution is -0.142. The number of hydrogen-bond donors (Lipinski definition) is 1. The van der Waals surface area contributed by atoms with Gasteiger partial charge in [0.15, 0.2) is 0 Å². The van der Waals surface area contributed by atoms with Gasteiger partial charge in [0.2, 0.25) is 0 Å². The summed E-state index contributed by atoms with van der Waals surface area (Å²) >= 11 is 0. The molecule has 0 heterocycles. The first kappa shape index (κ1) is 14.2. The van der Waals surface area contributed by atoms with Crippen molar-refractivity contribution in [2.24, 2.45) is 11.7 Å². The van der Waals surface area contributed by atoms with Crippen molar-refractivity contribution in [1.29, 1.82) is 0 Å². The van der Waals surface area contributed by atoms with E-state index in [9.17, 15) is 26.3 Å². The lowest BCUT2D eigenvalue weighted by Gasteiger charge is -2.20. The van der Waals surface area contributed by atoms with E-state index in [0.717, 1.165) is 0 Å². The minimum Gasteiger partial charge on any atom is -0.324 e. The molecule has 106 valence electrons. The maximum absolute atomic E-state index is 12.8. The van der Waals surface area contributed by atoms with E-state index in [-0.39, 0.29) is 5.92 Å². The molecule has 1 fully saturated rings. The highest BCUT2D eigenvalue weighted by molar-refractivity contribution is 5.38. The summed E-state index contributed by atoms with van der Waals surface area (Å²) in [6.45, 7) is 0. The van der Waals surface area contributed by atoms with E-state index in [2.05, 4.69) is 0 Å². The first-order valence-corrected chi connectivity index (χ1v) is 5.64. The molecule has 1 atom stereocenters. The van der Waals surface area contributed by atoms with Gasteiger partial charge in [-0.25, -0.2) is 0 Å². The second-order valence-electron chi connectivity index (χ2n) is 4.66. The first-order chi connectivity index (χ1) is 8.60. The van der Waals surface area contributed by atoms with Crippen LogP contribution in [0.25, 0.3) is 0 Å². The molecule has 0 bridgehead atoms. The summed E-state index contributed by atoms with van der Waals surface area (Å²) in [4.78, 5) is 0. The molecule has 1 saturated carbocycles. The monoisotopic (exact) mass is 283 g/mol. The highest BCUT2D eigenvalue weighted by Crippen LogP contribution is 2.45. The zero-order chi connectivity index (χ0) is 14.4. The Hall–Kier alpha value is -1.24. The van der Waals surface area contributed by atoms with Crippen LogP contribution < -0.4 is 5.73 Å². The van der Waals surface area contributed by atoms with Crippen molar-refractivity contribution >= 4 is 0 Å². The fraction of sp³-hybridized carbons (Fsp3) is 0.500. The Bertz CT molecular complexity index is 472. The molecule has 1 aromatic rings. The molecule has 0 saturated heterocycles. The average Bonchev–Trinajstić information content (AvgIpc) is 3.08. The van der Waals surface area contributed by atoms with Crippen LogP contribution in [0.3, 0.4) is 0 Å². The minimum absolute atomic E-state index is 0.162. The molecule has 1 aliphatic carbocycles. The van der Waals surface area contributed by atoms with Crippen molar-refractivity contribution < 1.29 is 26.3 Å². The third-order valence-electron chi connectivity index (χ3n) is 3.17. The molecule has 1 aromatic carbocycles. The summed E-state index contributed by atoms with van der Waals surface area (Å²) in [5.41, 5.74) is 2.99. The minimum atomic E-state index is -4.70. The molecule has 0 aliphatic heterocycles. The van der Waals surface area contributed by atoms with Crippen LogP contribution in [0.4, 0.5) is 26.3 Å². The second-order valence-corrected chi connectivity index (χ2v) is 4.66. The van der Waals surface area contributed by atoms with Crippen molar-refractivity contribution in [3.05, 3.63) is 34.9 Å². The normalized spacial score (nSPS) is 18.5. The van der Waals surface area contributed by atoms with Gasteiger partial charge in [-0.3, -0.25) is 0 Å².